The van der Waals surface area contributed by atoms with Crippen LogP contribution >= 0.6 is 38.2 Å². The molecule has 1 aliphatic heterocycles. The Hall–Kier alpha value is -1.50. The van der Waals surface area contributed by atoms with Crippen LogP contribution in [0, 0.1) is 0 Å². The van der Waals surface area contributed by atoms with E-state index in [1.165, 1.54) is 0 Å². The van der Waals surface area contributed by atoms with Crippen molar-refractivity contribution in [3.05, 3.63) is 121 Å². The van der Waals surface area contributed by atoms with Crippen molar-refractivity contribution in [3.8, 4) is 0 Å². The molecule has 196 valence electrons. The van der Waals surface area contributed by atoms with Crippen LogP contribution in [0.25, 0.3) is 0 Å². The fourth-order valence-corrected chi connectivity index (χ4v) is 27.7. The van der Waals surface area contributed by atoms with Gasteiger partial charge in [0.2, 0.25) is 0 Å². The van der Waals surface area contributed by atoms with E-state index in [9.17, 15) is 0 Å². The van der Waals surface area contributed by atoms with Crippen molar-refractivity contribution in [2.45, 2.75) is 0 Å². The number of rotatable bonds is 4. The first-order chi connectivity index (χ1) is 17.5. The molecule has 1 heterocycles. The van der Waals surface area contributed by atoms with Crippen LogP contribution in [0.3, 0.4) is 0 Å². The van der Waals surface area contributed by atoms with E-state index >= 15 is 14.0 Å². The zero-order valence-corrected chi connectivity index (χ0v) is 24.8. The van der Waals surface area contributed by atoms with Crippen molar-refractivity contribution in [2.75, 3.05) is 11.2 Å². The molecule has 1 fully saturated rings. The third-order valence-corrected chi connectivity index (χ3v) is 23.1. The quantitative estimate of drug-likeness (QED) is 0.0973. The molecule has 0 bridgehead atoms. The molecule has 11 heteroatoms. The van der Waals surface area contributed by atoms with E-state index in [2.05, 4.69) is 0 Å². The molecular weight excluding hydrogens is 626 g/mol. The number of hydrogen-bond acceptors (Lipinski definition) is 2. The van der Waals surface area contributed by atoms with Crippen molar-refractivity contribution in [2.24, 2.45) is 0 Å². The Morgan fingerprint density at radius 3 is 0.946 bits per heavy atom. The monoisotopic (exact) mass is 650 g/mol. The number of alkyl halides is 2. The molecule has 1 aliphatic rings. The molecule has 0 aromatic heterocycles. The standard InChI is InChI=1S/C25H22F4GeO2P2.CH2Cl2/c26-30(27,28,29)31-33(22-13-5-1-6-14-22,23-15-7-2-8-16-23)21-34(32-30,24-17-9-3-10-18-24)25-19-11-4-12-20-25;2-1-3/h1-20H,21H2;1H2. The molecule has 0 saturated carbocycles. The van der Waals surface area contributed by atoms with E-state index in [1.807, 2.05) is 0 Å². The number of benzene rings is 4. The predicted molar refractivity (Wildman–Crippen MR) is 152 cm³/mol. The third-order valence-electron chi connectivity index (χ3n) is 5.75. The molecule has 0 spiro atoms. The summed E-state index contributed by atoms with van der Waals surface area (Å²) in [4.78, 5) is 0. The van der Waals surface area contributed by atoms with Gasteiger partial charge in [-0.3, -0.25) is 0 Å². The molecule has 1 saturated heterocycles. The van der Waals surface area contributed by atoms with E-state index < -0.39 is 28.6 Å². The summed E-state index contributed by atoms with van der Waals surface area (Å²) in [6, 6.07) is 32.9. The van der Waals surface area contributed by atoms with Crippen molar-refractivity contribution in [1.82, 2.24) is 0 Å². The summed E-state index contributed by atoms with van der Waals surface area (Å²) in [5, 5.41) is 1.53. The van der Waals surface area contributed by atoms with Crippen LogP contribution in [0.2, 0.25) is 0 Å². The predicted octanol–water partition coefficient (Wildman–Crippen LogP) is 7.79. The van der Waals surface area contributed by atoms with Crippen LogP contribution in [0.15, 0.2) is 121 Å². The van der Waals surface area contributed by atoms with Crippen LogP contribution < -0.4 is 21.2 Å². The van der Waals surface area contributed by atoms with Gasteiger partial charge < -0.3 is 0 Å². The maximum atomic E-state index is 15.8. The SMILES string of the molecule is ClCCl.[F][Ge-2]1([F])([F])([F])[O][P+](c2ccccc2)(c2ccccc2)C[P+](c2ccccc2)(c2ccccc2)[O]1. The van der Waals surface area contributed by atoms with Crippen LogP contribution in [0.5, 0.6) is 0 Å². The number of hydrogen-bond donors (Lipinski definition) is 0. The molecular formula is C26H24Cl2F4GeO2P2. The Morgan fingerprint density at radius 1 is 0.514 bits per heavy atom. The minimum absolute atomic E-state index is 0.104. The average molecular weight is 650 g/mol. The molecule has 4 aromatic rings. The van der Waals surface area contributed by atoms with Crippen LogP contribution in [0.1, 0.15) is 0 Å². The molecule has 0 aliphatic carbocycles. The Kier molecular flexibility index (Phi) is 7.89. The van der Waals surface area contributed by atoms with Gasteiger partial charge in [-0.25, -0.2) is 0 Å². The van der Waals surface area contributed by atoms with E-state index in [4.69, 9.17) is 30.3 Å². The van der Waals surface area contributed by atoms with E-state index in [0.717, 1.165) is 0 Å². The van der Waals surface area contributed by atoms with Gasteiger partial charge in [0.15, 0.2) is 0 Å². The molecule has 4 aromatic carbocycles. The fourth-order valence-electron chi connectivity index (χ4n) is 4.46. The summed E-state index contributed by atoms with van der Waals surface area (Å²) in [5.41, 5.74) is 0. The van der Waals surface area contributed by atoms with Gasteiger partial charge in [-0.15, -0.1) is 23.2 Å². The summed E-state index contributed by atoms with van der Waals surface area (Å²) in [6.45, 7) is 0. The average Bonchev–Trinajstić information content (AvgIpc) is 2.89. The Morgan fingerprint density at radius 2 is 0.730 bits per heavy atom. The zero-order valence-electron chi connectivity index (χ0n) is 19.4. The van der Waals surface area contributed by atoms with Crippen LogP contribution in [-0.2, 0) is 7.10 Å². The molecule has 0 unspecified atom stereocenters. The third kappa shape index (κ3) is 6.23. The van der Waals surface area contributed by atoms with Gasteiger partial charge in [0, 0.05) is 0 Å². The Labute approximate surface area is 225 Å². The molecule has 0 amide bonds. The second kappa shape index (κ2) is 10.2. The second-order valence-electron chi connectivity index (χ2n) is 8.38. The van der Waals surface area contributed by atoms with Crippen molar-refractivity contribution in [3.63, 3.8) is 0 Å². The topological polar surface area (TPSA) is 18.5 Å². The molecule has 0 atom stereocenters. The van der Waals surface area contributed by atoms with Gasteiger partial charge in [0.25, 0.3) is 0 Å². The van der Waals surface area contributed by atoms with Gasteiger partial charge in [-0.05, 0) is 0 Å². The van der Waals surface area contributed by atoms with Gasteiger partial charge in [0.05, 0.1) is 5.34 Å². The normalized spacial score (nSPS) is 22.0. The van der Waals surface area contributed by atoms with Crippen LogP contribution in [0.4, 0.5) is 14.0 Å². The van der Waals surface area contributed by atoms with Crippen LogP contribution in [-0.4, -0.2) is 24.9 Å². The fraction of sp³-hybridized carbons (Fsp3) is 0.0769. The van der Waals surface area contributed by atoms with E-state index in [1.54, 1.807) is 121 Å². The van der Waals surface area contributed by atoms with Gasteiger partial charge >= 0.3 is 198 Å². The Balaban J connectivity index is 0.00000102. The molecule has 37 heavy (non-hydrogen) atoms. The zero-order chi connectivity index (χ0) is 26.7. The first-order valence-corrected chi connectivity index (χ1v) is 21.0. The van der Waals surface area contributed by atoms with Gasteiger partial charge in [-0.2, -0.15) is 0 Å². The van der Waals surface area contributed by atoms with Crippen molar-refractivity contribution >= 4 is 73.0 Å². The number of halogens is 6. The van der Waals surface area contributed by atoms with Gasteiger partial charge in [0.1, 0.15) is 0 Å². The van der Waals surface area contributed by atoms with Crippen molar-refractivity contribution < 1.29 is 21.1 Å². The maximum absolute atomic E-state index is 15.8. The van der Waals surface area contributed by atoms with E-state index in [0.29, 0.717) is 21.2 Å². The summed E-state index contributed by atoms with van der Waals surface area (Å²) in [5.74, 6) is -0.104. The van der Waals surface area contributed by atoms with Crippen molar-refractivity contribution in [1.29, 1.82) is 0 Å². The first kappa shape index (κ1) is 28.5. The minimum atomic E-state index is -10.5. The first-order valence-electron chi connectivity index (χ1n) is 11.2. The summed E-state index contributed by atoms with van der Waals surface area (Å²) in [6.07, 6.45) is 0. The molecule has 0 radical (unpaired) electrons. The van der Waals surface area contributed by atoms with E-state index in [-0.39, 0.29) is 11.2 Å². The summed E-state index contributed by atoms with van der Waals surface area (Å²) in [7, 11) is -7.58. The molecule has 0 N–H and O–H groups in total. The van der Waals surface area contributed by atoms with Gasteiger partial charge in [-0.1, -0.05) is 0 Å². The molecule has 2 nitrogen and oxygen atoms in total. The summed E-state index contributed by atoms with van der Waals surface area (Å²) < 4.78 is 73.0. The Bertz CT molecular complexity index is 1160. The summed E-state index contributed by atoms with van der Waals surface area (Å²) >= 11 is -0.940. The molecule has 5 rings (SSSR count). The second-order valence-corrected chi connectivity index (χ2v) is 22.7.